The molecule has 0 saturated heterocycles. The second-order valence-corrected chi connectivity index (χ2v) is 5.37. The van der Waals surface area contributed by atoms with Gasteiger partial charge in [0.2, 0.25) is 0 Å². The van der Waals surface area contributed by atoms with Crippen LogP contribution >= 0.6 is 11.8 Å². The molecule has 2 rings (SSSR count). The predicted octanol–water partition coefficient (Wildman–Crippen LogP) is 1.29. The zero-order valence-corrected chi connectivity index (χ0v) is 12.8. The number of aromatic carboxylic acids is 1. The molecule has 2 aromatic rings. The van der Waals surface area contributed by atoms with E-state index in [0.29, 0.717) is 11.6 Å². The van der Waals surface area contributed by atoms with Gasteiger partial charge >= 0.3 is 5.97 Å². The van der Waals surface area contributed by atoms with Gasteiger partial charge in [-0.3, -0.25) is 9.59 Å². The van der Waals surface area contributed by atoms with Gasteiger partial charge in [-0.25, -0.2) is 9.78 Å². The summed E-state index contributed by atoms with van der Waals surface area (Å²) >= 11 is 1.44. The highest BCUT2D eigenvalue weighted by atomic mass is 32.2. The smallest absolute Gasteiger partial charge is 0.339 e. The SMILES string of the molecule is CSCc1nc(C(=O)Nc2ccc(O)c(C(=O)O)c2)cc(=O)[nH]1. The number of aromatic amines is 1. The van der Waals surface area contributed by atoms with Crippen molar-refractivity contribution in [3.05, 3.63) is 51.7 Å². The first-order valence-electron chi connectivity index (χ1n) is 6.37. The molecule has 23 heavy (non-hydrogen) atoms. The van der Waals surface area contributed by atoms with E-state index in [1.54, 1.807) is 0 Å². The largest absolute Gasteiger partial charge is 0.507 e. The molecule has 0 aliphatic rings. The maximum Gasteiger partial charge on any atom is 0.339 e. The lowest BCUT2D eigenvalue weighted by Gasteiger charge is -2.07. The van der Waals surface area contributed by atoms with Crippen LogP contribution < -0.4 is 10.9 Å². The third-order valence-electron chi connectivity index (χ3n) is 2.79. The highest BCUT2D eigenvalue weighted by Gasteiger charge is 2.14. The van der Waals surface area contributed by atoms with Crippen molar-refractivity contribution >= 4 is 29.3 Å². The van der Waals surface area contributed by atoms with Gasteiger partial charge in [-0.15, -0.1) is 0 Å². The predicted molar refractivity (Wildman–Crippen MR) is 85.1 cm³/mol. The zero-order valence-electron chi connectivity index (χ0n) is 12.0. The molecule has 9 heteroatoms. The van der Waals surface area contributed by atoms with E-state index in [4.69, 9.17) is 5.11 Å². The number of anilines is 1. The minimum absolute atomic E-state index is 0.0808. The molecule has 1 aromatic carbocycles. The quantitative estimate of drug-likeness (QED) is 0.605. The first-order valence-corrected chi connectivity index (χ1v) is 7.77. The molecule has 4 N–H and O–H groups in total. The second-order valence-electron chi connectivity index (χ2n) is 4.50. The number of nitrogens with one attached hydrogen (secondary N) is 2. The monoisotopic (exact) mass is 335 g/mol. The van der Waals surface area contributed by atoms with Crippen molar-refractivity contribution in [1.82, 2.24) is 9.97 Å². The van der Waals surface area contributed by atoms with E-state index in [1.165, 1.54) is 17.8 Å². The van der Waals surface area contributed by atoms with Gasteiger partial charge in [0.25, 0.3) is 11.5 Å². The molecule has 0 radical (unpaired) electrons. The highest BCUT2D eigenvalue weighted by Crippen LogP contribution is 2.21. The summed E-state index contributed by atoms with van der Waals surface area (Å²) in [4.78, 5) is 41.2. The maximum absolute atomic E-state index is 12.1. The number of nitrogens with zero attached hydrogens (tertiary/aromatic N) is 1. The number of rotatable bonds is 5. The topological polar surface area (TPSA) is 132 Å². The van der Waals surface area contributed by atoms with Crippen molar-refractivity contribution in [1.29, 1.82) is 0 Å². The number of carboxylic acid groups (broad SMARTS) is 1. The lowest BCUT2D eigenvalue weighted by Crippen LogP contribution is -2.20. The van der Waals surface area contributed by atoms with Crippen LogP contribution in [0.4, 0.5) is 5.69 Å². The Bertz CT molecular complexity index is 818. The molecule has 1 amide bonds. The maximum atomic E-state index is 12.1. The number of H-pyrrole nitrogens is 1. The average Bonchev–Trinajstić information content (AvgIpc) is 2.48. The lowest BCUT2D eigenvalue weighted by atomic mass is 10.1. The van der Waals surface area contributed by atoms with Crippen LogP contribution in [0.3, 0.4) is 0 Å². The first kappa shape index (κ1) is 16.6. The number of carbonyl (C=O) groups is 2. The van der Waals surface area contributed by atoms with E-state index in [2.05, 4.69) is 15.3 Å². The van der Waals surface area contributed by atoms with Crippen LogP contribution in [0.25, 0.3) is 0 Å². The van der Waals surface area contributed by atoms with Gasteiger partial charge in [0.1, 0.15) is 22.8 Å². The molecule has 1 aromatic heterocycles. The van der Waals surface area contributed by atoms with E-state index in [0.717, 1.165) is 18.2 Å². The number of aromatic nitrogens is 2. The number of hydrogen-bond acceptors (Lipinski definition) is 6. The van der Waals surface area contributed by atoms with Gasteiger partial charge < -0.3 is 20.5 Å². The third kappa shape index (κ3) is 4.10. The van der Waals surface area contributed by atoms with Crippen LogP contribution in [-0.4, -0.2) is 38.3 Å². The van der Waals surface area contributed by atoms with Crippen LogP contribution in [0.1, 0.15) is 26.7 Å². The van der Waals surface area contributed by atoms with E-state index >= 15 is 0 Å². The molecule has 8 nitrogen and oxygen atoms in total. The molecule has 0 aliphatic heterocycles. The average molecular weight is 335 g/mol. The summed E-state index contributed by atoms with van der Waals surface area (Å²) in [6.45, 7) is 0. The summed E-state index contributed by atoms with van der Waals surface area (Å²) in [5, 5.41) is 20.8. The van der Waals surface area contributed by atoms with Gasteiger partial charge in [0.15, 0.2) is 0 Å². The van der Waals surface area contributed by atoms with Gasteiger partial charge in [0, 0.05) is 11.8 Å². The van der Waals surface area contributed by atoms with E-state index in [9.17, 15) is 19.5 Å². The molecule has 0 aliphatic carbocycles. The zero-order chi connectivity index (χ0) is 17.0. The van der Waals surface area contributed by atoms with E-state index in [-0.39, 0.29) is 16.9 Å². The summed E-state index contributed by atoms with van der Waals surface area (Å²) in [6.07, 6.45) is 1.83. The number of aromatic hydroxyl groups is 1. The number of phenols is 1. The minimum Gasteiger partial charge on any atom is -0.507 e. The molecule has 0 unspecified atom stereocenters. The van der Waals surface area contributed by atoms with Crippen molar-refractivity contribution in [3.63, 3.8) is 0 Å². The molecular formula is C14H13N3O5S. The van der Waals surface area contributed by atoms with Gasteiger partial charge in [-0.2, -0.15) is 11.8 Å². The first-order chi connectivity index (χ1) is 10.9. The Hall–Kier alpha value is -2.81. The van der Waals surface area contributed by atoms with E-state index in [1.807, 2.05) is 6.26 Å². The molecule has 0 saturated carbocycles. The Kier molecular flexibility index (Phi) is 5.02. The number of carboxylic acids is 1. The molecular weight excluding hydrogens is 322 g/mol. The van der Waals surface area contributed by atoms with Crippen LogP contribution in [-0.2, 0) is 5.75 Å². The number of thioether (sulfide) groups is 1. The Morgan fingerprint density at radius 3 is 2.74 bits per heavy atom. The lowest BCUT2D eigenvalue weighted by molar-refractivity contribution is 0.0693. The highest BCUT2D eigenvalue weighted by molar-refractivity contribution is 7.97. The summed E-state index contributed by atoms with van der Waals surface area (Å²) in [5.41, 5.74) is -0.711. The summed E-state index contributed by atoms with van der Waals surface area (Å²) < 4.78 is 0. The molecule has 120 valence electrons. The fourth-order valence-electron chi connectivity index (χ4n) is 1.81. The molecule has 0 spiro atoms. The molecule has 0 atom stereocenters. The van der Waals surface area contributed by atoms with Crippen molar-refractivity contribution in [2.45, 2.75) is 5.75 Å². The number of benzene rings is 1. The van der Waals surface area contributed by atoms with Crippen molar-refractivity contribution < 1.29 is 19.8 Å². The van der Waals surface area contributed by atoms with Crippen molar-refractivity contribution in [2.75, 3.05) is 11.6 Å². The fourth-order valence-corrected chi connectivity index (χ4v) is 2.22. The Morgan fingerprint density at radius 2 is 2.09 bits per heavy atom. The van der Waals surface area contributed by atoms with Gasteiger partial charge in [-0.05, 0) is 24.5 Å². The van der Waals surface area contributed by atoms with Crippen LogP contribution in [0.2, 0.25) is 0 Å². The molecule has 0 fully saturated rings. The van der Waals surface area contributed by atoms with Crippen molar-refractivity contribution in [2.24, 2.45) is 0 Å². The van der Waals surface area contributed by atoms with Gasteiger partial charge in [0.05, 0.1) is 5.75 Å². The minimum atomic E-state index is -1.32. The van der Waals surface area contributed by atoms with Crippen LogP contribution in [0.5, 0.6) is 5.75 Å². The van der Waals surface area contributed by atoms with E-state index < -0.39 is 23.2 Å². The second kappa shape index (κ2) is 6.97. The Balaban J connectivity index is 2.27. The summed E-state index contributed by atoms with van der Waals surface area (Å²) in [6, 6.07) is 4.67. The Morgan fingerprint density at radius 1 is 1.35 bits per heavy atom. The fraction of sp³-hybridized carbons (Fsp3) is 0.143. The molecule has 0 bridgehead atoms. The van der Waals surface area contributed by atoms with Gasteiger partial charge in [-0.1, -0.05) is 0 Å². The number of amides is 1. The van der Waals surface area contributed by atoms with Crippen LogP contribution in [0, 0.1) is 0 Å². The van der Waals surface area contributed by atoms with Crippen molar-refractivity contribution in [3.8, 4) is 5.75 Å². The number of hydrogen-bond donors (Lipinski definition) is 4. The Labute approximate surface area is 134 Å². The number of carbonyl (C=O) groups excluding carboxylic acids is 1. The standard InChI is InChI=1S/C14H13N3O5S/c1-23-6-11-16-9(5-12(19)17-11)13(20)15-7-2-3-10(18)8(4-7)14(21)22/h2-5,18H,6H2,1H3,(H,15,20)(H,21,22)(H,16,17,19). The summed E-state index contributed by atoms with van der Waals surface area (Å²) in [5.74, 6) is -1.58. The van der Waals surface area contributed by atoms with Crippen LogP contribution in [0.15, 0.2) is 29.1 Å². The normalized spacial score (nSPS) is 10.3. The molecule has 1 heterocycles. The third-order valence-corrected chi connectivity index (χ3v) is 3.35. The summed E-state index contributed by atoms with van der Waals surface area (Å²) in [7, 11) is 0.